The highest BCUT2D eigenvalue weighted by Crippen LogP contribution is 2.48. The number of carbonyl (C=O) groups excluding carboxylic acids is 9. The van der Waals surface area contributed by atoms with Gasteiger partial charge in [-0.05, 0) is 111 Å². The Balaban J connectivity index is 0.000000164. The molecule has 4 unspecified atom stereocenters. The Bertz CT molecular complexity index is 3190. The van der Waals surface area contributed by atoms with Gasteiger partial charge in [-0.15, -0.1) is 0 Å². The first-order chi connectivity index (χ1) is 33.1. The maximum absolute atomic E-state index is 13.3. The number of hydrogen-bond acceptors (Lipinski definition) is 10. The fraction of sp³-hybridized carbons (Fsp3) is 0.182. The van der Waals surface area contributed by atoms with Crippen molar-refractivity contribution in [3.8, 4) is 22.6 Å². The largest absolute Gasteiger partial charge is 0.457 e. The molecule has 1 saturated carbocycles. The van der Waals surface area contributed by atoms with Crippen LogP contribution in [0.2, 0.25) is 0 Å². The molecule has 11 rings (SSSR count). The molecule has 4 heterocycles. The highest BCUT2D eigenvalue weighted by atomic mass is 16.5. The Morgan fingerprint density at radius 1 is 0.420 bits per heavy atom. The number of ether oxygens (including phenoxy) is 1. The molecule has 342 valence electrons. The minimum absolute atomic E-state index is 0.135. The van der Waals surface area contributed by atoms with Crippen LogP contribution in [0.1, 0.15) is 81.3 Å². The van der Waals surface area contributed by atoms with Crippen molar-refractivity contribution in [1.82, 2.24) is 9.80 Å². The quantitative estimate of drug-likeness (QED) is 0.113. The number of ketones is 1. The van der Waals surface area contributed by atoms with E-state index in [9.17, 15) is 43.2 Å². The Hall–Kier alpha value is -8.65. The summed E-state index contributed by atoms with van der Waals surface area (Å²) in [5.41, 5.74) is 6.34. The molecular formula is C55H42N4O10. The highest BCUT2D eigenvalue weighted by molar-refractivity contribution is 6.35. The van der Waals surface area contributed by atoms with Crippen molar-refractivity contribution >= 4 is 64.4 Å². The van der Waals surface area contributed by atoms with Crippen molar-refractivity contribution in [2.45, 2.75) is 26.7 Å². The number of likely N-dealkylation sites (tertiary alicyclic amines) is 1. The monoisotopic (exact) mass is 918 g/mol. The minimum Gasteiger partial charge on any atom is -0.457 e. The van der Waals surface area contributed by atoms with Crippen LogP contribution in [0.5, 0.6) is 11.5 Å². The second kappa shape index (κ2) is 16.9. The van der Waals surface area contributed by atoms with Gasteiger partial charge in [-0.2, -0.15) is 0 Å². The van der Waals surface area contributed by atoms with Crippen molar-refractivity contribution in [2.75, 3.05) is 23.9 Å². The Morgan fingerprint density at radius 2 is 0.797 bits per heavy atom. The van der Waals surface area contributed by atoms with E-state index in [4.69, 9.17) is 4.74 Å². The summed E-state index contributed by atoms with van der Waals surface area (Å²) < 4.78 is 5.82. The molecule has 8 amide bonds. The van der Waals surface area contributed by atoms with Crippen LogP contribution in [-0.2, 0) is 19.2 Å². The molecule has 69 heavy (non-hydrogen) atoms. The molecule has 4 atom stereocenters. The van der Waals surface area contributed by atoms with Crippen LogP contribution in [-0.4, -0.2) is 76.9 Å². The van der Waals surface area contributed by atoms with Gasteiger partial charge < -0.3 is 4.74 Å². The second-order valence-electron chi connectivity index (χ2n) is 17.9. The molecule has 6 aromatic rings. The van der Waals surface area contributed by atoms with Gasteiger partial charge in [0.25, 0.3) is 23.6 Å². The molecule has 2 saturated heterocycles. The number of nitrogens with zero attached hydrogens (tertiary/aromatic N) is 4. The van der Waals surface area contributed by atoms with Crippen LogP contribution >= 0.6 is 0 Å². The highest BCUT2D eigenvalue weighted by Gasteiger charge is 2.59. The lowest BCUT2D eigenvalue weighted by Crippen LogP contribution is -2.35. The van der Waals surface area contributed by atoms with Crippen molar-refractivity contribution in [3.63, 3.8) is 0 Å². The fourth-order valence-corrected chi connectivity index (χ4v) is 9.84. The van der Waals surface area contributed by atoms with Gasteiger partial charge in [-0.1, -0.05) is 71.8 Å². The van der Waals surface area contributed by atoms with Crippen LogP contribution in [0, 0.1) is 37.5 Å². The Morgan fingerprint density at radius 3 is 1.32 bits per heavy atom. The zero-order valence-electron chi connectivity index (χ0n) is 37.8. The van der Waals surface area contributed by atoms with Gasteiger partial charge in [0.2, 0.25) is 23.6 Å². The van der Waals surface area contributed by atoms with E-state index < -0.39 is 53.1 Å². The van der Waals surface area contributed by atoms with Gasteiger partial charge in [0.1, 0.15) is 11.5 Å². The van der Waals surface area contributed by atoms with E-state index >= 15 is 0 Å². The third-order valence-corrected chi connectivity index (χ3v) is 13.7. The molecular weight excluding hydrogens is 877 g/mol. The van der Waals surface area contributed by atoms with E-state index in [0.29, 0.717) is 22.9 Å². The molecule has 1 aliphatic carbocycles. The summed E-state index contributed by atoms with van der Waals surface area (Å²) in [5.74, 6) is -4.19. The molecule has 4 aliphatic heterocycles. The normalized spacial score (nSPS) is 20.2. The number of amides is 8. The second-order valence-corrected chi connectivity index (χ2v) is 17.9. The van der Waals surface area contributed by atoms with E-state index in [1.165, 1.54) is 55.4 Å². The molecule has 14 nitrogen and oxygen atoms in total. The van der Waals surface area contributed by atoms with Gasteiger partial charge in [0.05, 0.1) is 57.3 Å². The Labute approximate surface area is 395 Å². The number of anilines is 2. The third kappa shape index (κ3) is 7.50. The van der Waals surface area contributed by atoms with Crippen LogP contribution in [0.25, 0.3) is 11.1 Å². The molecule has 5 aliphatic rings. The molecule has 3 fully saturated rings. The van der Waals surface area contributed by atoms with E-state index in [0.717, 1.165) is 37.0 Å². The SMILES string of the molecule is Cc1ccc(-c2ccc(N3C(=O)c4ccc(C(=O)c5ccc6c(c5)C(=O)N(C)C6=O)cc4C3=O)cc2)cc1.Cc1ccc(Oc2ccc(N3C(=O)C4CC5C(=O)N(C)C(=O)C5CC4C3=O)cc2)cc1. The van der Waals surface area contributed by atoms with Crippen molar-refractivity contribution in [2.24, 2.45) is 23.7 Å². The zero-order chi connectivity index (χ0) is 48.6. The average Bonchev–Trinajstić information content (AvgIpc) is 3.94. The summed E-state index contributed by atoms with van der Waals surface area (Å²) in [6, 6.07) is 38.4. The Kier molecular flexibility index (Phi) is 10.8. The number of hydrogen-bond donors (Lipinski definition) is 0. The van der Waals surface area contributed by atoms with Gasteiger partial charge in [0.15, 0.2) is 5.78 Å². The number of aryl methyl sites for hydroxylation is 2. The van der Waals surface area contributed by atoms with E-state index in [2.05, 4.69) is 0 Å². The summed E-state index contributed by atoms with van der Waals surface area (Å²) in [6.07, 6.45) is 0.500. The van der Waals surface area contributed by atoms with Crippen LogP contribution in [0.4, 0.5) is 11.4 Å². The maximum Gasteiger partial charge on any atom is 0.266 e. The van der Waals surface area contributed by atoms with Crippen LogP contribution in [0.3, 0.4) is 0 Å². The average molecular weight is 919 g/mol. The number of rotatable bonds is 7. The lowest BCUT2D eigenvalue weighted by atomic mass is 9.70. The maximum atomic E-state index is 13.3. The number of imide groups is 4. The van der Waals surface area contributed by atoms with Gasteiger partial charge in [-0.3, -0.25) is 57.9 Å². The summed E-state index contributed by atoms with van der Waals surface area (Å²) in [6.45, 7) is 4.01. The van der Waals surface area contributed by atoms with E-state index in [1.807, 2.05) is 74.5 Å². The predicted molar refractivity (Wildman–Crippen MR) is 252 cm³/mol. The number of benzene rings is 6. The molecule has 0 N–H and O–H groups in total. The third-order valence-electron chi connectivity index (χ3n) is 13.7. The summed E-state index contributed by atoms with van der Waals surface area (Å²) >= 11 is 0. The number of fused-ring (bicyclic) bond motifs is 4. The summed E-state index contributed by atoms with van der Waals surface area (Å²) in [4.78, 5) is 119. The minimum atomic E-state index is -0.555. The molecule has 0 radical (unpaired) electrons. The van der Waals surface area contributed by atoms with E-state index in [-0.39, 0.29) is 69.9 Å². The van der Waals surface area contributed by atoms with Crippen molar-refractivity contribution in [3.05, 3.63) is 178 Å². The fourth-order valence-electron chi connectivity index (χ4n) is 9.84. The lowest BCUT2D eigenvalue weighted by molar-refractivity contribution is -0.138. The molecule has 14 heteroatoms. The summed E-state index contributed by atoms with van der Waals surface area (Å²) in [5, 5.41) is 0. The molecule has 0 bridgehead atoms. The molecule has 0 aromatic heterocycles. The smallest absolute Gasteiger partial charge is 0.266 e. The predicted octanol–water partition coefficient (Wildman–Crippen LogP) is 7.84. The topological polar surface area (TPSA) is 176 Å². The lowest BCUT2D eigenvalue weighted by Gasteiger charge is -2.28. The first kappa shape index (κ1) is 44.2. The number of carbonyl (C=O) groups is 9. The van der Waals surface area contributed by atoms with Gasteiger partial charge in [-0.25, -0.2) is 4.90 Å². The van der Waals surface area contributed by atoms with Crippen molar-refractivity contribution < 1.29 is 47.9 Å². The molecule has 6 aromatic carbocycles. The summed E-state index contributed by atoms with van der Waals surface area (Å²) in [7, 11) is 2.85. The zero-order valence-corrected chi connectivity index (χ0v) is 37.8. The standard InChI is InChI=1S/C31H20N2O5.C24H22N2O5/c1-17-3-5-18(6-4-17)19-7-11-22(12-8-19)33-30(37)24-14-10-21(16-26(24)31(33)38)27(34)20-9-13-23-25(15-20)29(36)32(2)28(23)35;1-13-3-7-15(8-4-13)31-16-9-5-14(6-10-16)26-23(29)19-11-17-18(12-20(19)24(26)30)22(28)25(2)21(17)27/h3-16H,1-2H3;3-10,17-20H,11-12H2,1-2H3. The van der Waals surface area contributed by atoms with Crippen LogP contribution < -0.4 is 14.5 Å². The van der Waals surface area contributed by atoms with Gasteiger partial charge >= 0.3 is 0 Å². The van der Waals surface area contributed by atoms with Crippen molar-refractivity contribution in [1.29, 1.82) is 0 Å². The van der Waals surface area contributed by atoms with E-state index in [1.54, 1.807) is 36.4 Å². The first-order valence-electron chi connectivity index (χ1n) is 22.3. The molecule has 0 spiro atoms. The van der Waals surface area contributed by atoms with Crippen LogP contribution in [0.15, 0.2) is 133 Å². The van der Waals surface area contributed by atoms with Gasteiger partial charge in [0, 0.05) is 25.2 Å². The first-order valence-corrected chi connectivity index (χ1v) is 22.3.